The molecule has 0 fully saturated rings. The highest BCUT2D eigenvalue weighted by Gasteiger charge is 2.23. The number of carbonyl (C=O) groups is 3. The Labute approximate surface area is 129 Å². The van der Waals surface area contributed by atoms with Crippen LogP contribution in [0.25, 0.3) is 0 Å². The van der Waals surface area contributed by atoms with Crippen LogP contribution in [0.5, 0.6) is 0 Å². The van der Waals surface area contributed by atoms with E-state index in [2.05, 4.69) is 0 Å². The van der Waals surface area contributed by atoms with E-state index in [1.807, 2.05) is 13.0 Å². The van der Waals surface area contributed by atoms with Gasteiger partial charge in [0.1, 0.15) is 0 Å². The molecule has 1 aliphatic heterocycles. The molecule has 118 valence electrons. The van der Waals surface area contributed by atoms with E-state index in [-0.39, 0.29) is 24.8 Å². The number of fused-ring (bicyclic) bond motifs is 1. The van der Waals surface area contributed by atoms with Crippen LogP contribution in [0, 0.1) is 0 Å². The molecule has 6 nitrogen and oxygen atoms in total. The van der Waals surface area contributed by atoms with Gasteiger partial charge in [0.05, 0.1) is 6.42 Å². The number of aryl methyl sites for hydroxylation is 1. The summed E-state index contributed by atoms with van der Waals surface area (Å²) >= 11 is 0. The van der Waals surface area contributed by atoms with Gasteiger partial charge >= 0.3 is 5.97 Å². The van der Waals surface area contributed by atoms with Gasteiger partial charge in [-0.05, 0) is 37.1 Å². The number of benzene rings is 1. The second kappa shape index (κ2) is 6.60. The molecule has 0 radical (unpaired) electrons. The van der Waals surface area contributed by atoms with Gasteiger partial charge in [0.25, 0.3) is 5.91 Å². The number of hydrogen-bond acceptors (Lipinski definition) is 3. The number of amides is 2. The number of carboxylic acids is 1. The molecule has 1 N–H and O–H groups in total. The zero-order valence-corrected chi connectivity index (χ0v) is 12.8. The zero-order valence-electron chi connectivity index (χ0n) is 12.8. The average Bonchev–Trinajstić information content (AvgIpc) is 2.50. The molecule has 0 saturated heterocycles. The van der Waals surface area contributed by atoms with E-state index in [1.54, 1.807) is 24.1 Å². The van der Waals surface area contributed by atoms with Crippen molar-refractivity contribution in [2.75, 3.05) is 25.0 Å². The zero-order chi connectivity index (χ0) is 16.3. The van der Waals surface area contributed by atoms with Crippen LogP contribution in [0.3, 0.4) is 0 Å². The largest absolute Gasteiger partial charge is 0.481 e. The topological polar surface area (TPSA) is 77.9 Å². The molecule has 0 atom stereocenters. The number of nitrogens with zero attached hydrogens (tertiary/aromatic N) is 2. The number of hydrogen-bond donors (Lipinski definition) is 1. The third-order valence-corrected chi connectivity index (χ3v) is 3.93. The summed E-state index contributed by atoms with van der Waals surface area (Å²) in [7, 11) is 1.73. The third kappa shape index (κ3) is 3.27. The van der Waals surface area contributed by atoms with Crippen molar-refractivity contribution < 1.29 is 19.5 Å². The number of carbonyl (C=O) groups excluding carboxylic acids is 2. The Kier molecular flexibility index (Phi) is 4.80. The van der Waals surface area contributed by atoms with Crippen molar-refractivity contribution in [3.63, 3.8) is 0 Å². The van der Waals surface area contributed by atoms with Crippen molar-refractivity contribution in [2.24, 2.45) is 0 Å². The molecular formula is C16H20N2O4. The number of anilines is 1. The molecule has 0 saturated carbocycles. The maximum atomic E-state index is 12.5. The van der Waals surface area contributed by atoms with Crippen molar-refractivity contribution in [3.05, 3.63) is 29.3 Å². The minimum atomic E-state index is -0.920. The van der Waals surface area contributed by atoms with Crippen LogP contribution < -0.4 is 4.90 Å². The molecule has 22 heavy (non-hydrogen) atoms. The van der Waals surface area contributed by atoms with Crippen molar-refractivity contribution in [1.82, 2.24) is 4.90 Å². The second-order valence-electron chi connectivity index (χ2n) is 5.32. The lowest BCUT2D eigenvalue weighted by Crippen LogP contribution is -2.34. The van der Waals surface area contributed by atoms with E-state index in [0.29, 0.717) is 24.9 Å². The van der Waals surface area contributed by atoms with Gasteiger partial charge in [0.15, 0.2) is 0 Å². The summed E-state index contributed by atoms with van der Waals surface area (Å²) in [4.78, 5) is 37.9. The third-order valence-electron chi connectivity index (χ3n) is 3.93. The highest BCUT2D eigenvalue weighted by Crippen LogP contribution is 2.27. The summed E-state index contributed by atoms with van der Waals surface area (Å²) in [5, 5.41) is 8.75. The van der Waals surface area contributed by atoms with Crippen molar-refractivity contribution in [2.45, 2.75) is 26.2 Å². The molecule has 1 heterocycles. The van der Waals surface area contributed by atoms with Crippen molar-refractivity contribution in [1.29, 1.82) is 0 Å². The lowest BCUT2D eigenvalue weighted by atomic mass is 9.98. The Balaban J connectivity index is 2.20. The van der Waals surface area contributed by atoms with Crippen molar-refractivity contribution in [3.8, 4) is 0 Å². The first-order chi connectivity index (χ1) is 10.4. The van der Waals surface area contributed by atoms with Crippen LogP contribution in [-0.4, -0.2) is 47.9 Å². The first kappa shape index (κ1) is 16.0. The summed E-state index contributed by atoms with van der Waals surface area (Å²) < 4.78 is 0. The van der Waals surface area contributed by atoms with Gasteiger partial charge < -0.3 is 14.9 Å². The molecule has 0 aliphatic carbocycles. The van der Waals surface area contributed by atoms with E-state index in [1.165, 1.54) is 4.90 Å². The summed E-state index contributed by atoms with van der Waals surface area (Å²) in [5.41, 5.74) is 2.34. The normalized spacial score (nSPS) is 13.7. The number of rotatable bonds is 5. The van der Waals surface area contributed by atoms with Crippen LogP contribution in [0.2, 0.25) is 0 Å². The molecule has 2 rings (SSSR count). The maximum Gasteiger partial charge on any atom is 0.305 e. The van der Waals surface area contributed by atoms with Gasteiger partial charge in [0.2, 0.25) is 5.91 Å². The SMILES string of the molecule is CCN(CCC(=O)O)C(=O)c1ccc2c(c1)CCC(=O)N2C. The Morgan fingerprint density at radius 2 is 2.05 bits per heavy atom. The molecule has 0 aromatic heterocycles. The molecule has 2 amide bonds. The highest BCUT2D eigenvalue weighted by atomic mass is 16.4. The van der Waals surface area contributed by atoms with E-state index in [4.69, 9.17) is 5.11 Å². The van der Waals surface area contributed by atoms with Gasteiger partial charge in [-0.25, -0.2) is 0 Å². The molecule has 1 aromatic carbocycles. The van der Waals surface area contributed by atoms with Crippen LogP contribution in [0.4, 0.5) is 5.69 Å². The predicted octanol–water partition coefficient (Wildman–Crippen LogP) is 1.53. The fourth-order valence-electron chi connectivity index (χ4n) is 2.61. The smallest absolute Gasteiger partial charge is 0.305 e. The first-order valence-electron chi connectivity index (χ1n) is 7.34. The molecule has 1 aromatic rings. The Morgan fingerprint density at radius 3 is 2.68 bits per heavy atom. The van der Waals surface area contributed by atoms with Gasteiger partial charge in [-0.3, -0.25) is 14.4 Å². The van der Waals surface area contributed by atoms with Crippen LogP contribution >= 0.6 is 0 Å². The van der Waals surface area contributed by atoms with Gasteiger partial charge in [0, 0.05) is 37.8 Å². The van der Waals surface area contributed by atoms with E-state index in [0.717, 1.165) is 11.3 Å². The van der Waals surface area contributed by atoms with Gasteiger partial charge in [-0.15, -0.1) is 0 Å². The van der Waals surface area contributed by atoms with Crippen LogP contribution in [0.1, 0.15) is 35.7 Å². The minimum Gasteiger partial charge on any atom is -0.481 e. The summed E-state index contributed by atoms with van der Waals surface area (Å²) in [6.45, 7) is 2.48. The fraction of sp³-hybridized carbons (Fsp3) is 0.438. The average molecular weight is 304 g/mol. The molecule has 0 unspecified atom stereocenters. The summed E-state index contributed by atoms with van der Waals surface area (Å²) in [5.74, 6) is -1.02. The standard InChI is InChI=1S/C16H20N2O4/c1-3-18(9-8-15(20)21)16(22)12-4-6-13-11(10-12)5-7-14(19)17(13)2/h4,6,10H,3,5,7-9H2,1-2H3,(H,20,21). The molecule has 1 aliphatic rings. The van der Waals surface area contributed by atoms with Gasteiger partial charge in [-0.1, -0.05) is 0 Å². The number of aliphatic carboxylic acids is 1. The Morgan fingerprint density at radius 1 is 1.32 bits per heavy atom. The number of carboxylic acid groups (broad SMARTS) is 1. The second-order valence-corrected chi connectivity index (χ2v) is 5.32. The van der Waals surface area contributed by atoms with Crippen LogP contribution in [-0.2, 0) is 16.0 Å². The predicted molar refractivity (Wildman–Crippen MR) is 82.0 cm³/mol. The van der Waals surface area contributed by atoms with E-state index < -0.39 is 5.97 Å². The van der Waals surface area contributed by atoms with E-state index in [9.17, 15) is 14.4 Å². The van der Waals surface area contributed by atoms with Gasteiger partial charge in [-0.2, -0.15) is 0 Å². The molecule has 6 heteroatoms. The molecular weight excluding hydrogens is 284 g/mol. The maximum absolute atomic E-state index is 12.5. The first-order valence-corrected chi connectivity index (χ1v) is 7.34. The lowest BCUT2D eigenvalue weighted by Gasteiger charge is -2.27. The molecule has 0 bridgehead atoms. The highest BCUT2D eigenvalue weighted by molar-refractivity contribution is 5.99. The Bertz CT molecular complexity index is 612. The minimum absolute atomic E-state index is 0.0677. The lowest BCUT2D eigenvalue weighted by molar-refractivity contribution is -0.137. The molecule has 0 spiro atoms. The van der Waals surface area contributed by atoms with Crippen molar-refractivity contribution >= 4 is 23.5 Å². The van der Waals surface area contributed by atoms with Crippen LogP contribution in [0.15, 0.2) is 18.2 Å². The Hall–Kier alpha value is -2.37. The summed E-state index contributed by atoms with van der Waals surface area (Å²) in [6.07, 6.45) is 1.00. The summed E-state index contributed by atoms with van der Waals surface area (Å²) in [6, 6.07) is 5.29. The quantitative estimate of drug-likeness (QED) is 0.895. The van der Waals surface area contributed by atoms with E-state index >= 15 is 0 Å². The monoisotopic (exact) mass is 304 g/mol. The fourth-order valence-corrected chi connectivity index (χ4v) is 2.61.